The van der Waals surface area contributed by atoms with E-state index in [1.54, 1.807) is 0 Å². The molecule has 0 aromatic heterocycles. The van der Waals surface area contributed by atoms with Gasteiger partial charge < -0.3 is 0 Å². The van der Waals surface area contributed by atoms with E-state index < -0.39 is 0 Å². The molecule has 0 aliphatic carbocycles. The van der Waals surface area contributed by atoms with Crippen LogP contribution in [0.5, 0.6) is 0 Å². The monoisotopic (exact) mass is 581 g/mol. The second-order valence-corrected chi connectivity index (χ2v) is 13.5. The number of rotatable bonds is 30. The number of hydrogen-bond acceptors (Lipinski definition) is 2. The third-order valence-corrected chi connectivity index (χ3v) is 8.30. The van der Waals surface area contributed by atoms with E-state index in [1.165, 1.54) is 148 Å². The van der Waals surface area contributed by atoms with Gasteiger partial charge in [-0.15, -0.1) is 0 Å². The van der Waals surface area contributed by atoms with E-state index in [9.17, 15) is 9.59 Å². The first-order valence-corrected chi connectivity index (χ1v) is 18.7. The van der Waals surface area contributed by atoms with Crippen molar-refractivity contribution in [3.8, 4) is 0 Å². The van der Waals surface area contributed by atoms with E-state index in [2.05, 4.69) is 27.7 Å². The molecule has 0 atom stereocenters. The van der Waals surface area contributed by atoms with Gasteiger partial charge in [-0.25, -0.2) is 4.79 Å². The highest BCUT2D eigenvalue weighted by Crippen LogP contribution is 2.16. The molecule has 0 bridgehead atoms. The molecule has 246 valence electrons. The molecular formula is C38H78NO2+. The van der Waals surface area contributed by atoms with Crippen LogP contribution >= 0.6 is 0 Å². The number of amides is 1. The summed E-state index contributed by atoms with van der Waals surface area (Å²) < 4.78 is 0.232. The summed E-state index contributed by atoms with van der Waals surface area (Å²) in [6.45, 7) is 9.17. The van der Waals surface area contributed by atoms with Crippen LogP contribution in [0.2, 0.25) is 0 Å². The summed E-state index contributed by atoms with van der Waals surface area (Å²) in [6.07, 6.45) is 36.9. The van der Waals surface area contributed by atoms with Crippen LogP contribution in [-0.2, 0) is 9.59 Å². The van der Waals surface area contributed by atoms with Gasteiger partial charge in [0.15, 0.2) is 5.78 Å². The number of likely N-dealkylation sites (N-methyl/N-ethyl adjacent to an activating group) is 1. The molecule has 0 unspecified atom stereocenters. The number of nitrogens with zero attached hydrogens (tertiary/aromatic N) is 1. The number of carbonyl (C=O) groups is 2. The average molecular weight is 581 g/mol. The van der Waals surface area contributed by atoms with Gasteiger partial charge in [0.1, 0.15) is 6.54 Å². The minimum absolute atomic E-state index is 0.229. The van der Waals surface area contributed by atoms with Gasteiger partial charge in [-0.3, -0.25) is 9.28 Å². The Morgan fingerprint density at radius 2 is 0.634 bits per heavy atom. The van der Waals surface area contributed by atoms with Gasteiger partial charge in [-0.1, -0.05) is 188 Å². The summed E-state index contributed by atoms with van der Waals surface area (Å²) in [5.74, 6) is 0.489. The zero-order chi connectivity index (χ0) is 30.9. The number of quaternary nitrogens is 1. The van der Waals surface area contributed by atoms with E-state index in [4.69, 9.17) is 0 Å². The third kappa shape index (κ3) is 33.7. The molecule has 0 aromatic rings. The number of carbonyl (C=O) groups excluding carboxylic acids is 2. The summed E-state index contributed by atoms with van der Waals surface area (Å²) >= 11 is 0. The molecule has 0 saturated heterocycles. The molecule has 1 amide bonds. The van der Waals surface area contributed by atoms with Crippen molar-refractivity contribution < 1.29 is 14.1 Å². The minimum atomic E-state index is 0.229. The fraction of sp³-hybridized carbons (Fsp3) is 0.947. The highest BCUT2D eigenvalue weighted by Gasteiger charge is 2.28. The Balaban J connectivity index is 0. The van der Waals surface area contributed by atoms with E-state index in [0.29, 0.717) is 19.4 Å². The molecule has 0 aliphatic rings. The molecule has 41 heavy (non-hydrogen) atoms. The van der Waals surface area contributed by atoms with Crippen molar-refractivity contribution >= 4 is 11.7 Å². The van der Waals surface area contributed by atoms with Crippen molar-refractivity contribution in [2.24, 2.45) is 0 Å². The molecule has 3 nitrogen and oxygen atoms in total. The topological polar surface area (TPSA) is 34.1 Å². The smallest absolute Gasteiger partial charge is 0.293 e. The molecule has 0 rings (SSSR count). The van der Waals surface area contributed by atoms with Crippen LogP contribution in [-0.4, -0.2) is 36.8 Å². The van der Waals surface area contributed by atoms with Crippen LogP contribution in [0.25, 0.3) is 0 Å². The minimum Gasteiger partial charge on any atom is -0.293 e. The average Bonchev–Trinajstić information content (AvgIpc) is 2.93. The summed E-state index contributed by atoms with van der Waals surface area (Å²) in [4.78, 5) is 25.2. The second kappa shape index (κ2) is 33.8. The SMILES string of the molecule is CCC.CCCCCCCCCCCCCCCC(=O)C[N+](C)(C)C(=O)CCCCCCCCCCCCCCC. The van der Waals surface area contributed by atoms with Gasteiger partial charge in [0.25, 0.3) is 0 Å². The molecular weight excluding hydrogens is 502 g/mol. The van der Waals surface area contributed by atoms with Crippen LogP contribution < -0.4 is 0 Å². The van der Waals surface area contributed by atoms with E-state index in [0.717, 1.165) is 25.7 Å². The van der Waals surface area contributed by atoms with Gasteiger partial charge in [-0.2, -0.15) is 0 Å². The molecule has 0 N–H and O–H groups in total. The highest BCUT2D eigenvalue weighted by atomic mass is 16.2. The lowest BCUT2D eigenvalue weighted by atomic mass is 10.0. The molecule has 0 aliphatic heterocycles. The third-order valence-electron chi connectivity index (χ3n) is 8.30. The van der Waals surface area contributed by atoms with Crippen molar-refractivity contribution in [1.29, 1.82) is 0 Å². The Hall–Kier alpha value is -0.700. The lowest BCUT2D eigenvalue weighted by Gasteiger charge is -2.26. The van der Waals surface area contributed by atoms with Gasteiger partial charge in [-0.05, 0) is 12.8 Å². The summed E-state index contributed by atoms with van der Waals surface area (Å²) in [6, 6.07) is 0. The number of Topliss-reactive ketones (excluding diaryl/α,β-unsaturated/α-hetero) is 1. The van der Waals surface area contributed by atoms with Crippen molar-refractivity contribution in [2.45, 2.75) is 214 Å². The first-order valence-electron chi connectivity index (χ1n) is 18.7. The zero-order valence-electron chi connectivity index (χ0n) is 29.5. The zero-order valence-corrected chi connectivity index (χ0v) is 29.5. The van der Waals surface area contributed by atoms with Crippen LogP contribution in [0.4, 0.5) is 0 Å². The second-order valence-electron chi connectivity index (χ2n) is 13.5. The molecule has 0 radical (unpaired) electrons. The molecule has 0 saturated carbocycles. The fourth-order valence-electron chi connectivity index (χ4n) is 5.54. The van der Waals surface area contributed by atoms with Crippen molar-refractivity contribution in [3.05, 3.63) is 0 Å². The lowest BCUT2D eigenvalue weighted by molar-refractivity contribution is -0.805. The summed E-state index contributed by atoms with van der Waals surface area (Å²) in [5, 5.41) is 0. The first-order chi connectivity index (χ1) is 19.9. The normalized spacial score (nSPS) is 11.4. The predicted octanol–water partition coefficient (Wildman–Crippen LogP) is 12.5. The quantitative estimate of drug-likeness (QED) is 0.0625. The first kappa shape index (κ1) is 42.4. The van der Waals surface area contributed by atoms with Crippen LogP contribution in [0, 0.1) is 0 Å². The summed E-state index contributed by atoms with van der Waals surface area (Å²) in [7, 11) is 3.85. The van der Waals surface area contributed by atoms with Crippen molar-refractivity contribution in [1.82, 2.24) is 0 Å². The Labute approximate surface area is 260 Å². The van der Waals surface area contributed by atoms with Crippen LogP contribution in [0.3, 0.4) is 0 Å². The predicted molar refractivity (Wildman–Crippen MR) is 184 cm³/mol. The van der Waals surface area contributed by atoms with Crippen LogP contribution in [0.1, 0.15) is 214 Å². The van der Waals surface area contributed by atoms with Crippen molar-refractivity contribution in [2.75, 3.05) is 20.6 Å². The maximum absolute atomic E-state index is 12.7. The van der Waals surface area contributed by atoms with E-state index in [-0.39, 0.29) is 16.2 Å². The van der Waals surface area contributed by atoms with Gasteiger partial charge >= 0.3 is 5.91 Å². The van der Waals surface area contributed by atoms with E-state index in [1.807, 2.05) is 14.1 Å². The Bertz CT molecular complexity index is 542. The fourth-order valence-corrected chi connectivity index (χ4v) is 5.54. The molecule has 0 spiro atoms. The number of hydrogen-bond donors (Lipinski definition) is 0. The Kier molecular flexibility index (Phi) is 35.0. The molecule has 0 aromatic carbocycles. The van der Waals surface area contributed by atoms with Crippen molar-refractivity contribution in [3.63, 3.8) is 0 Å². The van der Waals surface area contributed by atoms with Gasteiger partial charge in [0.2, 0.25) is 0 Å². The van der Waals surface area contributed by atoms with Gasteiger partial charge in [0, 0.05) is 6.42 Å². The maximum atomic E-state index is 12.7. The summed E-state index contributed by atoms with van der Waals surface area (Å²) in [5.41, 5.74) is 0. The Morgan fingerprint density at radius 3 is 0.927 bits per heavy atom. The molecule has 3 heteroatoms. The number of ketones is 1. The van der Waals surface area contributed by atoms with E-state index >= 15 is 0 Å². The Morgan fingerprint density at radius 1 is 0.390 bits per heavy atom. The largest absolute Gasteiger partial charge is 0.313 e. The van der Waals surface area contributed by atoms with Gasteiger partial charge in [0.05, 0.1) is 20.5 Å². The standard InChI is InChI=1S/C35H70NO2.C3H8/c1-5-7-9-11-13-15-17-19-21-23-25-27-29-31-34(37)33-36(3,4)35(38)32-30-28-26-24-22-20-18-16-14-12-10-8-6-2;1-3-2/h5-33H2,1-4H3;3H2,1-2H3/q+1;. The highest BCUT2D eigenvalue weighted by molar-refractivity contribution is 5.81. The molecule has 0 heterocycles. The number of unbranched alkanes of at least 4 members (excludes halogenated alkanes) is 24. The lowest BCUT2D eigenvalue weighted by Crippen LogP contribution is -2.48. The molecule has 0 fully saturated rings. The van der Waals surface area contributed by atoms with Crippen LogP contribution in [0.15, 0.2) is 0 Å². The maximum Gasteiger partial charge on any atom is 0.313 e.